The fraction of sp³-hybridized carbons (Fsp3) is 0.0625. The molecule has 0 atom stereocenters. The molecule has 0 saturated carbocycles. The minimum atomic E-state index is -0.891. The third kappa shape index (κ3) is 2.56. The highest BCUT2D eigenvalue weighted by Gasteiger charge is 2.06. The van der Waals surface area contributed by atoms with Gasteiger partial charge in [0.05, 0.1) is 5.56 Å². The van der Waals surface area contributed by atoms with E-state index in [0.717, 1.165) is 17.4 Å². The van der Waals surface area contributed by atoms with Gasteiger partial charge in [-0.1, -0.05) is 12.1 Å². The molecule has 3 nitrogen and oxygen atoms in total. The molecule has 0 bridgehead atoms. The fourth-order valence-corrected chi connectivity index (χ4v) is 2.62. The molecule has 0 unspecified atom stereocenters. The summed E-state index contributed by atoms with van der Waals surface area (Å²) in [5, 5.41) is 9.96. The van der Waals surface area contributed by atoms with E-state index >= 15 is 0 Å². The van der Waals surface area contributed by atoms with E-state index in [0.29, 0.717) is 5.56 Å². The number of hydrogen-bond donors (Lipinski definition) is 1. The lowest BCUT2D eigenvalue weighted by molar-refractivity contribution is 0.0697. The van der Waals surface area contributed by atoms with E-state index < -0.39 is 5.97 Å². The molecular formula is C16H12INO2. The first kappa shape index (κ1) is 13.2. The van der Waals surface area contributed by atoms with Gasteiger partial charge in [-0.15, -0.1) is 0 Å². The lowest BCUT2D eigenvalue weighted by atomic mass is 10.1. The molecule has 4 heteroatoms. The van der Waals surface area contributed by atoms with Crippen molar-refractivity contribution in [3.63, 3.8) is 0 Å². The average molecular weight is 377 g/mol. The van der Waals surface area contributed by atoms with Crippen LogP contribution in [0.1, 0.15) is 15.9 Å². The van der Waals surface area contributed by atoms with Crippen LogP contribution >= 0.6 is 22.6 Å². The van der Waals surface area contributed by atoms with Gasteiger partial charge in [0.1, 0.15) is 0 Å². The summed E-state index contributed by atoms with van der Waals surface area (Å²) < 4.78 is 3.35. The number of aromatic carboxylic acids is 1. The van der Waals surface area contributed by atoms with Gasteiger partial charge >= 0.3 is 5.97 Å². The molecule has 1 aromatic heterocycles. The van der Waals surface area contributed by atoms with Crippen LogP contribution in [0.5, 0.6) is 0 Å². The Kier molecular flexibility index (Phi) is 3.48. The second kappa shape index (κ2) is 5.28. The smallest absolute Gasteiger partial charge is 0.335 e. The number of carboxylic acids is 1. The molecule has 100 valence electrons. The van der Waals surface area contributed by atoms with Crippen molar-refractivity contribution in [1.82, 2.24) is 4.57 Å². The molecule has 0 saturated heterocycles. The summed E-state index contributed by atoms with van der Waals surface area (Å²) in [4.78, 5) is 11.0. The summed E-state index contributed by atoms with van der Waals surface area (Å²) in [5.41, 5.74) is 2.60. The van der Waals surface area contributed by atoms with Gasteiger partial charge in [-0.3, -0.25) is 0 Å². The number of nitrogens with zero attached hydrogens (tertiary/aromatic N) is 1. The number of carbonyl (C=O) groups is 1. The van der Waals surface area contributed by atoms with E-state index in [2.05, 4.69) is 51.4 Å². The van der Waals surface area contributed by atoms with Crippen LogP contribution < -0.4 is 0 Å². The molecule has 20 heavy (non-hydrogen) atoms. The zero-order chi connectivity index (χ0) is 14.1. The van der Waals surface area contributed by atoms with Crippen LogP contribution in [0, 0.1) is 3.57 Å². The number of halogens is 1. The van der Waals surface area contributed by atoms with Crippen LogP contribution in [0.25, 0.3) is 10.9 Å². The summed E-state index contributed by atoms with van der Waals surface area (Å²) in [6.45, 7) is 0.785. The Balaban J connectivity index is 1.96. The maximum absolute atomic E-state index is 11.0. The predicted molar refractivity (Wildman–Crippen MR) is 87.2 cm³/mol. The van der Waals surface area contributed by atoms with Crippen molar-refractivity contribution in [2.75, 3.05) is 0 Å². The SMILES string of the molecule is O=C(O)c1ccc2c(ccn2Cc2ccc(I)cc2)c1. The van der Waals surface area contributed by atoms with Gasteiger partial charge in [-0.05, 0) is 64.6 Å². The molecule has 2 aromatic carbocycles. The maximum atomic E-state index is 11.0. The standard InChI is InChI=1S/C16H12INO2/c17-14-4-1-11(2-5-14)10-18-8-7-12-9-13(16(19)20)3-6-15(12)18/h1-9H,10H2,(H,19,20). The molecule has 3 aromatic rings. The molecule has 0 fully saturated rings. The van der Waals surface area contributed by atoms with Gasteiger partial charge in [0.15, 0.2) is 0 Å². The van der Waals surface area contributed by atoms with Gasteiger partial charge in [-0.25, -0.2) is 4.79 Å². The molecule has 0 aliphatic rings. The van der Waals surface area contributed by atoms with Gasteiger partial charge in [-0.2, -0.15) is 0 Å². The van der Waals surface area contributed by atoms with Crippen molar-refractivity contribution < 1.29 is 9.90 Å². The Hall–Kier alpha value is -1.82. The highest BCUT2D eigenvalue weighted by Crippen LogP contribution is 2.19. The molecule has 1 heterocycles. The highest BCUT2D eigenvalue weighted by atomic mass is 127. The average Bonchev–Trinajstić information content (AvgIpc) is 2.84. The van der Waals surface area contributed by atoms with Gasteiger partial charge in [0.2, 0.25) is 0 Å². The number of carboxylic acid groups (broad SMARTS) is 1. The van der Waals surface area contributed by atoms with Crippen molar-refractivity contribution in [3.8, 4) is 0 Å². The monoisotopic (exact) mass is 377 g/mol. The summed E-state index contributed by atoms with van der Waals surface area (Å²) in [6, 6.07) is 15.6. The van der Waals surface area contributed by atoms with Crippen LogP contribution in [0.2, 0.25) is 0 Å². The zero-order valence-electron chi connectivity index (χ0n) is 10.6. The lowest BCUT2D eigenvalue weighted by Gasteiger charge is -2.06. The predicted octanol–water partition coefficient (Wildman–Crippen LogP) is 3.99. The van der Waals surface area contributed by atoms with E-state index in [1.807, 2.05) is 18.3 Å². The van der Waals surface area contributed by atoms with Crippen LogP contribution in [0.3, 0.4) is 0 Å². The molecule has 3 rings (SSSR count). The third-order valence-electron chi connectivity index (χ3n) is 3.28. The number of aromatic nitrogens is 1. The van der Waals surface area contributed by atoms with E-state index in [-0.39, 0.29) is 0 Å². The van der Waals surface area contributed by atoms with Crippen LogP contribution in [0.4, 0.5) is 0 Å². The topological polar surface area (TPSA) is 42.2 Å². The summed E-state index contributed by atoms with van der Waals surface area (Å²) in [6.07, 6.45) is 1.99. The van der Waals surface area contributed by atoms with Gasteiger partial charge in [0.25, 0.3) is 0 Å². The number of hydrogen-bond acceptors (Lipinski definition) is 1. The minimum Gasteiger partial charge on any atom is -0.478 e. The summed E-state index contributed by atoms with van der Waals surface area (Å²) in [5.74, 6) is -0.891. The zero-order valence-corrected chi connectivity index (χ0v) is 12.7. The van der Waals surface area contributed by atoms with E-state index in [1.54, 1.807) is 12.1 Å². The Morgan fingerprint density at radius 2 is 1.85 bits per heavy atom. The van der Waals surface area contributed by atoms with Gasteiger partial charge < -0.3 is 9.67 Å². The van der Waals surface area contributed by atoms with Crippen LogP contribution in [-0.4, -0.2) is 15.6 Å². The fourth-order valence-electron chi connectivity index (χ4n) is 2.26. The Morgan fingerprint density at radius 1 is 1.10 bits per heavy atom. The van der Waals surface area contributed by atoms with Crippen molar-refractivity contribution in [1.29, 1.82) is 0 Å². The molecule has 0 spiro atoms. The van der Waals surface area contributed by atoms with Crippen LogP contribution in [0.15, 0.2) is 54.7 Å². The van der Waals surface area contributed by atoms with Crippen LogP contribution in [-0.2, 0) is 6.54 Å². The van der Waals surface area contributed by atoms with Crippen molar-refractivity contribution in [3.05, 3.63) is 69.4 Å². The second-order valence-corrected chi connectivity index (χ2v) is 5.89. The summed E-state index contributed by atoms with van der Waals surface area (Å²) in [7, 11) is 0. The number of rotatable bonds is 3. The summed E-state index contributed by atoms with van der Waals surface area (Å²) >= 11 is 2.29. The quantitative estimate of drug-likeness (QED) is 0.702. The first-order valence-electron chi connectivity index (χ1n) is 6.20. The van der Waals surface area contributed by atoms with E-state index in [4.69, 9.17) is 5.11 Å². The number of fused-ring (bicyclic) bond motifs is 1. The molecular weight excluding hydrogens is 365 g/mol. The highest BCUT2D eigenvalue weighted by molar-refractivity contribution is 14.1. The maximum Gasteiger partial charge on any atom is 0.335 e. The van der Waals surface area contributed by atoms with Crippen molar-refractivity contribution in [2.24, 2.45) is 0 Å². The molecule has 0 amide bonds. The largest absolute Gasteiger partial charge is 0.478 e. The Labute approximate surface area is 130 Å². The first-order chi connectivity index (χ1) is 9.63. The molecule has 0 radical (unpaired) electrons. The minimum absolute atomic E-state index is 0.324. The first-order valence-corrected chi connectivity index (χ1v) is 7.28. The molecule has 0 aliphatic heterocycles. The number of benzene rings is 2. The van der Waals surface area contributed by atoms with Crippen molar-refractivity contribution in [2.45, 2.75) is 6.54 Å². The lowest BCUT2D eigenvalue weighted by Crippen LogP contribution is -1.99. The van der Waals surface area contributed by atoms with Crippen molar-refractivity contribution >= 4 is 39.5 Å². The Morgan fingerprint density at radius 3 is 2.55 bits per heavy atom. The third-order valence-corrected chi connectivity index (χ3v) is 4.00. The normalized spacial score (nSPS) is 10.8. The molecule has 0 aliphatic carbocycles. The Bertz CT molecular complexity index is 775. The van der Waals surface area contributed by atoms with E-state index in [1.165, 1.54) is 9.13 Å². The van der Waals surface area contributed by atoms with Gasteiger partial charge in [0, 0.05) is 27.2 Å². The second-order valence-electron chi connectivity index (χ2n) is 4.65. The molecule has 1 N–H and O–H groups in total. The van der Waals surface area contributed by atoms with E-state index in [9.17, 15) is 4.79 Å².